The van der Waals surface area contributed by atoms with Crippen LogP contribution in [-0.2, 0) is 22.6 Å². The number of hydrogen-bond donors (Lipinski definition) is 3. The zero-order valence-corrected chi connectivity index (χ0v) is 19.1. The Morgan fingerprint density at radius 1 is 1.19 bits per heavy atom. The van der Waals surface area contributed by atoms with Crippen LogP contribution in [0.2, 0.25) is 0 Å². The van der Waals surface area contributed by atoms with Crippen LogP contribution in [0.15, 0.2) is 21.2 Å². The summed E-state index contributed by atoms with van der Waals surface area (Å²) in [6.07, 6.45) is 2.68. The number of aliphatic hydroxyl groups excluding tert-OH is 1. The van der Waals surface area contributed by atoms with E-state index in [-0.39, 0.29) is 36.6 Å². The maximum absolute atomic E-state index is 13.6. The molecule has 3 saturated carbocycles. The Bertz CT molecular complexity index is 1120. The quantitative estimate of drug-likeness (QED) is 0.565. The number of fused-ring (bicyclic) bond motifs is 1. The second kappa shape index (κ2) is 6.77. The molecule has 0 radical (unpaired) electrons. The molecule has 0 spiro atoms. The summed E-state index contributed by atoms with van der Waals surface area (Å²) in [6, 6.07) is 0. The highest BCUT2D eigenvalue weighted by atomic mass is 16.5. The number of rotatable bonds is 2. The first-order valence-electron chi connectivity index (χ1n) is 11.6. The standard InChI is InChI=1S/C23H33N3O6/c1-12-5-7-22-10-16(32-4)18(28)23(22,31)21(12,3)17(27)9-15(13(22)2)14-6-8-25-19(29)24-20(30)26(25)11-14/h6,12-13,15-17,27,31H,5,7-11H2,1-4H3,(H,24,29,30)/t12?,13-,15+,16-,17+,21-,22-,23+/m0/s1. The Kier molecular flexibility index (Phi) is 4.63. The fourth-order valence-electron chi connectivity index (χ4n) is 7.80. The number of carbonyl (C=O) groups excluding carboxylic acids is 1. The van der Waals surface area contributed by atoms with Crippen molar-refractivity contribution in [3.63, 3.8) is 0 Å². The normalized spacial score (nSPS) is 45.8. The van der Waals surface area contributed by atoms with Gasteiger partial charge in [-0.15, -0.1) is 0 Å². The lowest BCUT2D eigenvalue weighted by Gasteiger charge is -2.59. The van der Waals surface area contributed by atoms with Crippen LogP contribution in [0.4, 0.5) is 0 Å². The van der Waals surface area contributed by atoms with Crippen molar-refractivity contribution >= 4 is 5.78 Å². The Hall–Kier alpha value is -1.97. The smallest absolute Gasteiger partial charge is 0.344 e. The number of aromatic nitrogens is 3. The van der Waals surface area contributed by atoms with E-state index in [1.54, 1.807) is 0 Å². The zero-order chi connectivity index (χ0) is 23.2. The molecule has 1 unspecified atom stereocenters. The Morgan fingerprint density at radius 3 is 2.56 bits per heavy atom. The third-order valence-corrected chi connectivity index (χ3v) is 9.98. The van der Waals surface area contributed by atoms with E-state index in [0.29, 0.717) is 19.3 Å². The van der Waals surface area contributed by atoms with Crippen molar-refractivity contribution in [2.75, 3.05) is 7.11 Å². The van der Waals surface area contributed by atoms with Gasteiger partial charge in [-0.2, -0.15) is 0 Å². The minimum absolute atomic E-state index is 0.0426. The number of ether oxygens (including phenoxy) is 1. The zero-order valence-electron chi connectivity index (χ0n) is 19.1. The van der Waals surface area contributed by atoms with Gasteiger partial charge < -0.3 is 14.9 Å². The molecule has 176 valence electrons. The van der Waals surface area contributed by atoms with E-state index in [1.807, 2.05) is 19.9 Å². The fraction of sp³-hybridized carbons (Fsp3) is 0.783. The Labute approximate surface area is 186 Å². The van der Waals surface area contributed by atoms with Crippen molar-refractivity contribution < 1.29 is 19.7 Å². The van der Waals surface area contributed by atoms with Gasteiger partial charge >= 0.3 is 11.4 Å². The number of nitrogens with zero attached hydrogens (tertiary/aromatic N) is 2. The number of hydrogen-bond acceptors (Lipinski definition) is 6. The van der Waals surface area contributed by atoms with Gasteiger partial charge in [0, 0.05) is 17.9 Å². The molecule has 8 atom stereocenters. The van der Waals surface area contributed by atoms with Crippen LogP contribution in [0.5, 0.6) is 0 Å². The molecule has 0 amide bonds. The van der Waals surface area contributed by atoms with Gasteiger partial charge in [0.2, 0.25) is 0 Å². The molecule has 9 nitrogen and oxygen atoms in total. The highest BCUT2D eigenvalue weighted by molar-refractivity contribution is 5.96. The third kappa shape index (κ3) is 2.32. The average Bonchev–Trinajstić information content (AvgIpc) is 3.18. The van der Waals surface area contributed by atoms with E-state index in [9.17, 15) is 24.6 Å². The molecule has 3 aliphatic carbocycles. The number of methoxy groups -OCH3 is 1. The lowest BCUT2D eigenvalue weighted by Crippen LogP contribution is -2.69. The van der Waals surface area contributed by atoms with Crippen molar-refractivity contribution in [2.24, 2.45) is 28.6 Å². The number of carbonyl (C=O) groups is 1. The highest BCUT2D eigenvalue weighted by Crippen LogP contribution is 2.70. The van der Waals surface area contributed by atoms with Crippen LogP contribution >= 0.6 is 0 Å². The first-order valence-corrected chi connectivity index (χ1v) is 11.6. The number of nitrogens with one attached hydrogen (secondary N) is 1. The molecule has 1 aromatic rings. The van der Waals surface area contributed by atoms with Gasteiger partial charge in [-0.25, -0.2) is 19.0 Å². The number of ketones is 1. The summed E-state index contributed by atoms with van der Waals surface area (Å²) in [5.74, 6) is -0.620. The van der Waals surface area contributed by atoms with Gasteiger partial charge in [-0.05, 0) is 49.0 Å². The Balaban J connectivity index is 1.65. The molecule has 1 aliphatic heterocycles. The van der Waals surface area contributed by atoms with Gasteiger partial charge in [0.1, 0.15) is 11.7 Å². The number of aromatic amines is 1. The molecule has 9 heteroatoms. The Morgan fingerprint density at radius 2 is 1.88 bits per heavy atom. The maximum atomic E-state index is 13.6. The molecule has 4 aliphatic rings. The van der Waals surface area contributed by atoms with E-state index in [1.165, 1.54) is 16.5 Å². The van der Waals surface area contributed by atoms with Crippen molar-refractivity contribution in [2.45, 2.75) is 77.4 Å². The topological polar surface area (TPSA) is 127 Å². The van der Waals surface area contributed by atoms with Gasteiger partial charge in [-0.3, -0.25) is 9.78 Å². The van der Waals surface area contributed by atoms with E-state index in [2.05, 4.69) is 11.9 Å². The van der Waals surface area contributed by atoms with Crippen molar-refractivity contribution in [1.82, 2.24) is 14.3 Å². The minimum Gasteiger partial charge on any atom is -0.392 e. The van der Waals surface area contributed by atoms with Gasteiger partial charge in [0.05, 0.1) is 19.2 Å². The SMILES string of the molecule is CO[C@H]1C[C@@]23CCC(C)[C@@](C)([C@H](O)C[C@@H](C4=CCn5c(=O)[nH]c(=O)n5C4)[C@@H]2C)[C@]3(O)C1=O. The molecule has 2 heterocycles. The largest absolute Gasteiger partial charge is 0.392 e. The lowest BCUT2D eigenvalue weighted by atomic mass is 9.46. The second-order valence-electron chi connectivity index (χ2n) is 10.7. The summed E-state index contributed by atoms with van der Waals surface area (Å²) in [7, 11) is 1.50. The predicted octanol–water partition coefficient (Wildman–Crippen LogP) is 0.437. The molecule has 32 heavy (non-hydrogen) atoms. The first kappa shape index (κ1) is 21.9. The van der Waals surface area contributed by atoms with Crippen LogP contribution < -0.4 is 11.4 Å². The first-order chi connectivity index (χ1) is 15.0. The van der Waals surface area contributed by atoms with Crippen molar-refractivity contribution in [3.05, 3.63) is 32.6 Å². The van der Waals surface area contributed by atoms with Crippen LogP contribution in [0.25, 0.3) is 0 Å². The van der Waals surface area contributed by atoms with E-state index >= 15 is 0 Å². The highest BCUT2D eigenvalue weighted by Gasteiger charge is 2.78. The van der Waals surface area contributed by atoms with Crippen molar-refractivity contribution in [3.8, 4) is 0 Å². The number of allylic oxidation sites excluding steroid dienone is 2. The minimum atomic E-state index is -1.69. The average molecular weight is 448 g/mol. The summed E-state index contributed by atoms with van der Waals surface area (Å²) < 4.78 is 8.32. The summed E-state index contributed by atoms with van der Waals surface area (Å²) in [5.41, 5.74) is -3.34. The van der Waals surface area contributed by atoms with Gasteiger partial charge in [0.15, 0.2) is 5.78 Å². The predicted molar refractivity (Wildman–Crippen MR) is 115 cm³/mol. The summed E-state index contributed by atoms with van der Waals surface area (Å²) in [4.78, 5) is 40.2. The fourth-order valence-corrected chi connectivity index (χ4v) is 7.80. The molecule has 0 aromatic carbocycles. The third-order valence-electron chi connectivity index (χ3n) is 9.98. The van der Waals surface area contributed by atoms with E-state index in [0.717, 1.165) is 12.0 Å². The van der Waals surface area contributed by atoms with Crippen LogP contribution in [0.1, 0.15) is 46.5 Å². The van der Waals surface area contributed by atoms with Gasteiger partial charge in [0.25, 0.3) is 0 Å². The summed E-state index contributed by atoms with van der Waals surface area (Å²) in [6.45, 7) is 6.47. The number of H-pyrrole nitrogens is 1. The number of aliphatic hydroxyl groups is 2. The molecule has 1 aromatic heterocycles. The number of Topliss-reactive ketones (excluding diaryl/α,β-unsaturated/α-hetero) is 1. The van der Waals surface area contributed by atoms with E-state index in [4.69, 9.17) is 4.74 Å². The maximum Gasteiger partial charge on any atom is 0.344 e. The molecule has 3 fully saturated rings. The monoisotopic (exact) mass is 447 g/mol. The van der Waals surface area contributed by atoms with E-state index < -0.39 is 40.0 Å². The van der Waals surface area contributed by atoms with Crippen LogP contribution in [-0.4, -0.2) is 55.3 Å². The van der Waals surface area contributed by atoms with Gasteiger partial charge in [-0.1, -0.05) is 26.8 Å². The summed E-state index contributed by atoms with van der Waals surface area (Å²) >= 11 is 0. The molecular weight excluding hydrogens is 414 g/mol. The molecule has 0 saturated heterocycles. The molecule has 5 rings (SSSR count). The van der Waals surface area contributed by atoms with Crippen molar-refractivity contribution in [1.29, 1.82) is 0 Å². The van der Waals surface area contributed by atoms with Crippen LogP contribution in [0.3, 0.4) is 0 Å². The molecule has 3 N–H and O–H groups in total. The summed E-state index contributed by atoms with van der Waals surface area (Å²) in [5, 5.41) is 23.9. The van der Waals surface area contributed by atoms with Crippen LogP contribution in [0, 0.1) is 28.6 Å². The molecular formula is C23H33N3O6. The second-order valence-corrected chi connectivity index (χ2v) is 10.7. The lowest BCUT2D eigenvalue weighted by molar-refractivity contribution is -0.229. The molecule has 2 bridgehead atoms.